The van der Waals surface area contributed by atoms with E-state index in [2.05, 4.69) is 18.7 Å². The summed E-state index contributed by atoms with van der Waals surface area (Å²) < 4.78 is 4.99. The van der Waals surface area contributed by atoms with E-state index in [9.17, 15) is 0 Å². The third-order valence-electron chi connectivity index (χ3n) is 1.34. The van der Waals surface area contributed by atoms with E-state index in [1.807, 2.05) is 19.1 Å². The summed E-state index contributed by atoms with van der Waals surface area (Å²) in [6.45, 7) is 1.98. The normalized spacial score (nSPS) is 9.50. The molecule has 0 atom stereocenters. The van der Waals surface area contributed by atoms with Crippen LogP contribution in [0.5, 0.6) is 5.75 Å². The van der Waals surface area contributed by atoms with Gasteiger partial charge in [0.2, 0.25) is 0 Å². The summed E-state index contributed by atoms with van der Waals surface area (Å²) in [4.78, 5) is 0.866. The fourth-order valence-corrected chi connectivity index (χ4v) is 0.955. The van der Waals surface area contributed by atoms with E-state index in [0.717, 1.165) is 10.5 Å². The van der Waals surface area contributed by atoms with Crippen molar-refractivity contribution >= 4 is 12.6 Å². The van der Waals surface area contributed by atoms with E-state index in [1.165, 1.54) is 0 Å². The van der Waals surface area contributed by atoms with Gasteiger partial charge in [0, 0.05) is 11.0 Å². The van der Waals surface area contributed by atoms with Gasteiger partial charge in [-0.25, -0.2) is 0 Å². The van der Waals surface area contributed by atoms with E-state index >= 15 is 0 Å². The molecule has 1 rings (SSSR count). The molecule has 0 aliphatic heterocycles. The second-order valence-electron chi connectivity index (χ2n) is 2.04. The average molecular weight is 153 g/mol. The first kappa shape index (κ1) is 7.48. The Kier molecular flexibility index (Phi) is 2.22. The highest BCUT2D eigenvalue weighted by Crippen LogP contribution is 2.23. The summed E-state index contributed by atoms with van der Waals surface area (Å²) in [5.41, 5.74) is 1.11. The van der Waals surface area contributed by atoms with Crippen molar-refractivity contribution in [3.05, 3.63) is 23.8 Å². The fraction of sp³-hybridized carbons (Fsp3) is 0.250. The predicted molar refractivity (Wildman–Crippen MR) is 43.8 cm³/mol. The molecule has 0 saturated carbocycles. The SMILES string of the molecule is COc1[c]ccc(C)c1S. The molecule has 0 saturated heterocycles. The lowest BCUT2D eigenvalue weighted by molar-refractivity contribution is 0.403. The minimum absolute atomic E-state index is 0.711. The third-order valence-corrected chi connectivity index (χ3v) is 1.90. The highest BCUT2D eigenvalue weighted by molar-refractivity contribution is 7.80. The quantitative estimate of drug-likeness (QED) is 0.608. The zero-order valence-corrected chi connectivity index (χ0v) is 6.90. The Bertz CT molecular complexity index is 233. The Morgan fingerprint density at radius 3 is 2.80 bits per heavy atom. The van der Waals surface area contributed by atoms with Gasteiger partial charge in [-0.05, 0) is 12.5 Å². The summed E-state index contributed by atoms with van der Waals surface area (Å²) >= 11 is 4.24. The van der Waals surface area contributed by atoms with Crippen LogP contribution in [-0.2, 0) is 0 Å². The maximum absolute atomic E-state index is 4.99. The molecular weight excluding hydrogens is 144 g/mol. The van der Waals surface area contributed by atoms with Crippen molar-refractivity contribution in [2.75, 3.05) is 7.11 Å². The Morgan fingerprint density at radius 1 is 1.60 bits per heavy atom. The first-order chi connectivity index (χ1) is 4.75. The topological polar surface area (TPSA) is 9.23 Å². The van der Waals surface area contributed by atoms with E-state index in [1.54, 1.807) is 7.11 Å². The van der Waals surface area contributed by atoms with Gasteiger partial charge in [-0.2, -0.15) is 0 Å². The minimum atomic E-state index is 0.711. The Labute approximate surface area is 66.4 Å². The lowest BCUT2D eigenvalue weighted by Crippen LogP contribution is -1.86. The zero-order valence-electron chi connectivity index (χ0n) is 6.01. The standard InChI is InChI=1S/C8H9OS/c1-6-4-3-5-7(9-2)8(6)10/h3-4,10H,1-2H3. The highest BCUT2D eigenvalue weighted by atomic mass is 32.1. The summed E-state index contributed by atoms with van der Waals surface area (Å²) in [5, 5.41) is 0. The van der Waals surface area contributed by atoms with Gasteiger partial charge in [-0.3, -0.25) is 0 Å². The van der Waals surface area contributed by atoms with Crippen LogP contribution < -0.4 is 4.74 Å². The number of hydrogen-bond donors (Lipinski definition) is 1. The Balaban J connectivity index is 3.14. The molecule has 53 valence electrons. The molecule has 0 spiro atoms. The van der Waals surface area contributed by atoms with Crippen LogP contribution in [0.1, 0.15) is 5.56 Å². The molecular formula is C8H9OS. The number of methoxy groups -OCH3 is 1. The van der Waals surface area contributed by atoms with Crippen molar-refractivity contribution in [2.45, 2.75) is 11.8 Å². The summed E-state index contributed by atoms with van der Waals surface area (Å²) in [5.74, 6) is 0.711. The van der Waals surface area contributed by atoms with Crippen LogP contribution in [0.15, 0.2) is 17.0 Å². The highest BCUT2D eigenvalue weighted by Gasteiger charge is 1.99. The van der Waals surface area contributed by atoms with E-state index in [4.69, 9.17) is 4.74 Å². The van der Waals surface area contributed by atoms with Crippen LogP contribution in [-0.4, -0.2) is 7.11 Å². The smallest absolute Gasteiger partial charge is 0.140 e. The zero-order chi connectivity index (χ0) is 7.56. The van der Waals surface area contributed by atoms with E-state index < -0.39 is 0 Å². The maximum Gasteiger partial charge on any atom is 0.140 e. The molecule has 0 fully saturated rings. The van der Waals surface area contributed by atoms with Gasteiger partial charge in [0.1, 0.15) is 5.75 Å². The number of hydrogen-bond acceptors (Lipinski definition) is 2. The number of ether oxygens (including phenoxy) is 1. The van der Waals surface area contributed by atoms with E-state index in [0.29, 0.717) is 5.75 Å². The molecule has 2 heteroatoms. The minimum Gasteiger partial charge on any atom is -0.495 e. The molecule has 0 unspecified atom stereocenters. The third kappa shape index (κ3) is 1.27. The summed E-state index contributed by atoms with van der Waals surface area (Å²) in [7, 11) is 1.62. The molecule has 1 radical (unpaired) electrons. The Morgan fingerprint density at radius 2 is 2.30 bits per heavy atom. The van der Waals surface area contributed by atoms with E-state index in [-0.39, 0.29) is 0 Å². The second kappa shape index (κ2) is 2.97. The molecule has 0 bridgehead atoms. The van der Waals surface area contributed by atoms with Gasteiger partial charge < -0.3 is 4.74 Å². The van der Waals surface area contributed by atoms with Crippen LogP contribution in [0.25, 0.3) is 0 Å². The van der Waals surface area contributed by atoms with Gasteiger partial charge in [0.05, 0.1) is 7.11 Å². The molecule has 0 N–H and O–H groups in total. The fourth-order valence-electron chi connectivity index (χ4n) is 0.724. The summed E-state index contributed by atoms with van der Waals surface area (Å²) in [6.07, 6.45) is 0. The number of aryl methyl sites for hydroxylation is 1. The molecule has 1 aromatic rings. The van der Waals surface area contributed by atoms with Gasteiger partial charge in [-0.15, -0.1) is 12.6 Å². The lowest BCUT2D eigenvalue weighted by atomic mass is 10.2. The number of rotatable bonds is 1. The molecule has 0 aromatic heterocycles. The predicted octanol–water partition coefficient (Wildman–Crippen LogP) is 2.09. The molecule has 1 aromatic carbocycles. The molecule has 0 heterocycles. The average Bonchev–Trinajstić information content (AvgIpc) is 1.95. The first-order valence-corrected chi connectivity index (χ1v) is 3.44. The van der Waals surface area contributed by atoms with Gasteiger partial charge in [-0.1, -0.05) is 12.1 Å². The largest absolute Gasteiger partial charge is 0.495 e. The van der Waals surface area contributed by atoms with Crippen LogP contribution in [0.3, 0.4) is 0 Å². The second-order valence-corrected chi connectivity index (χ2v) is 2.49. The first-order valence-electron chi connectivity index (χ1n) is 3.00. The summed E-state index contributed by atoms with van der Waals surface area (Å²) in [6, 6.07) is 6.71. The van der Waals surface area contributed by atoms with Crippen molar-refractivity contribution in [1.29, 1.82) is 0 Å². The van der Waals surface area contributed by atoms with Crippen molar-refractivity contribution in [3.8, 4) is 5.75 Å². The Hall–Kier alpha value is -0.630. The van der Waals surface area contributed by atoms with Gasteiger partial charge in [0.25, 0.3) is 0 Å². The molecule has 0 aliphatic rings. The molecule has 10 heavy (non-hydrogen) atoms. The van der Waals surface area contributed by atoms with Crippen molar-refractivity contribution in [3.63, 3.8) is 0 Å². The molecule has 1 nitrogen and oxygen atoms in total. The van der Waals surface area contributed by atoms with Gasteiger partial charge >= 0.3 is 0 Å². The van der Waals surface area contributed by atoms with Crippen LogP contribution >= 0.6 is 12.6 Å². The monoisotopic (exact) mass is 153 g/mol. The molecule has 0 amide bonds. The van der Waals surface area contributed by atoms with Crippen LogP contribution in [0.2, 0.25) is 0 Å². The maximum atomic E-state index is 4.99. The van der Waals surface area contributed by atoms with Crippen LogP contribution in [0.4, 0.5) is 0 Å². The lowest BCUT2D eigenvalue weighted by Gasteiger charge is -2.03. The number of benzene rings is 1. The van der Waals surface area contributed by atoms with Crippen molar-refractivity contribution in [1.82, 2.24) is 0 Å². The number of thiol groups is 1. The van der Waals surface area contributed by atoms with Gasteiger partial charge in [0.15, 0.2) is 0 Å². The molecule has 0 aliphatic carbocycles. The van der Waals surface area contributed by atoms with Crippen molar-refractivity contribution < 1.29 is 4.74 Å². The van der Waals surface area contributed by atoms with Crippen LogP contribution in [0, 0.1) is 13.0 Å². The van der Waals surface area contributed by atoms with Crippen molar-refractivity contribution in [2.24, 2.45) is 0 Å².